The van der Waals surface area contributed by atoms with Gasteiger partial charge >= 0.3 is 12.1 Å². The van der Waals surface area contributed by atoms with Crippen molar-refractivity contribution in [2.75, 3.05) is 0 Å². The van der Waals surface area contributed by atoms with E-state index in [-0.39, 0.29) is 12.3 Å². The fourth-order valence-corrected chi connectivity index (χ4v) is 4.76. The van der Waals surface area contributed by atoms with Crippen LogP contribution in [0.25, 0.3) is 0 Å². The van der Waals surface area contributed by atoms with Crippen molar-refractivity contribution in [3.05, 3.63) is 71.3 Å². The van der Waals surface area contributed by atoms with E-state index in [2.05, 4.69) is 10.6 Å². The Labute approximate surface area is 269 Å². The molecule has 0 fully saturated rings. The lowest BCUT2D eigenvalue weighted by atomic mass is 9.95. The number of hydrogen-bond donors (Lipinski definition) is 2. The van der Waals surface area contributed by atoms with Gasteiger partial charge in [0, 0.05) is 12.5 Å². The molecule has 2 rings (SSSR count). The molecule has 2 aromatic rings. The SMILES string of the molecule is CCC(C)N(C(=O)C(NC(=O)OC(C)(C)C)C(C)C)C(C(=O)NC(Cc1ccccc1)C(=O)OC(C)(C)C)c1ccc(C)cc1. The first-order chi connectivity index (χ1) is 20.8. The van der Waals surface area contributed by atoms with E-state index in [0.717, 1.165) is 11.1 Å². The number of aryl methyl sites for hydroxylation is 1. The number of carbonyl (C=O) groups is 4. The van der Waals surface area contributed by atoms with Gasteiger partial charge in [0.05, 0.1) is 0 Å². The van der Waals surface area contributed by atoms with Gasteiger partial charge in [0.1, 0.15) is 29.3 Å². The molecule has 4 unspecified atom stereocenters. The average molecular weight is 624 g/mol. The summed E-state index contributed by atoms with van der Waals surface area (Å²) in [5.41, 5.74) is 0.877. The van der Waals surface area contributed by atoms with Crippen LogP contribution in [-0.4, -0.2) is 58.1 Å². The number of carbonyl (C=O) groups excluding carboxylic acids is 4. The second-order valence-electron chi connectivity index (χ2n) is 14.0. The van der Waals surface area contributed by atoms with E-state index < -0.39 is 59.2 Å². The Hall–Kier alpha value is -3.88. The van der Waals surface area contributed by atoms with Crippen LogP contribution in [0, 0.1) is 12.8 Å². The van der Waals surface area contributed by atoms with Crippen molar-refractivity contribution in [1.29, 1.82) is 0 Å². The second kappa shape index (κ2) is 15.9. The van der Waals surface area contributed by atoms with Crippen LogP contribution in [0.5, 0.6) is 0 Å². The Bertz CT molecular complexity index is 1280. The van der Waals surface area contributed by atoms with Crippen molar-refractivity contribution in [1.82, 2.24) is 15.5 Å². The minimum Gasteiger partial charge on any atom is -0.458 e. The van der Waals surface area contributed by atoms with E-state index >= 15 is 0 Å². The van der Waals surface area contributed by atoms with Crippen LogP contribution in [0.1, 0.15) is 98.4 Å². The van der Waals surface area contributed by atoms with E-state index in [4.69, 9.17) is 9.47 Å². The van der Waals surface area contributed by atoms with Gasteiger partial charge in [-0.05, 0) is 78.9 Å². The number of nitrogens with one attached hydrogen (secondary N) is 2. The fourth-order valence-electron chi connectivity index (χ4n) is 4.76. The highest BCUT2D eigenvalue weighted by molar-refractivity contribution is 5.94. The van der Waals surface area contributed by atoms with Crippen LogP contribution in [0.15, 0.2) is 54.6 Å². The smallest absolute Gasteiger partial charge is 0.408 e. The Morgan fingerprint density at radius 2 is 1.36 bits per heavy atom. The molecule has 3 amide bonds. The van der Waals surface area contributed by atoms with Crippen LogP contribution >= 0.6 is 0 Å². The molecule has 0 saturated carbocycles. The highest BCUT2D eigenvalue weighted by atomic mass is 16.6. The first kappa shape index (κ1) is 37.3. The highest BCUT2D eigenvalue weighted by Gasteiger charge is 2.41. The molecule has 4 atom stereocenters. The first-order valence-corrected chi connectivity index (χ1v) is 15.8. The highest BCUT2D eigenvalue weighted by Crippen LogP contribution is 2.28. The lowest BCUT2D eigenvalue weighted by Crippen LogP contribution is -2.58. The number of ether oxygens (including phenoxy) is 2. The molecule has 0 aliphatic rings. The van der Waals surface area contributed by atoms with E-state index in [1.54, 1.807) is 41.5 Å². The van der Waals surface area contributed by atoms with Crippen molar-refractivity contribution in [3.63, 3.8) is 0 Å². The molecule has 0 saturated heterocycles. The summed E-state index contributed by atoms with van der Waals surface area (Å²) in [5.74, 6) is -1.84. The molecule has 0 aromatic heterocycles. The third-order valence-corrected chi connectivity index (χ3v) is 7.14. The zero-order valence-corrected chi connectivity index (χ0v) is 28.9. The van der Waals surface area contributed by atoms with Crippen LogP contribution in [0.2, 0.25) is 0 Å². The summed E-state index contributed by atoms with van der Waals surface area (Å²) < 4.78 is 11.2. The first-order valence-electron chi connectivity index (χ1n) is 15.8. The molecule has 2 N–H and O–H groups in total. The van der Waals surface area contributed by atoms with Crippen molar-refractivity contribution in [2.45, 2.75) is 124 Å². The monoisotopic (exact) mass is 623 g/mol. The molecule has 248 valence electrons. The van der Waals surface area contributed by atoms with Gasteiger partial charge in [-0.25, -0.2) is 9.59 Å². The summed E-state index contributed by atoms with van der Waals surface area (Å²) in [7, 11) is 0. The maximum Gasteiger partial charge on any atom is 0.408 e. The Kier molecular flexibility index (Phi) is 13.2. The Morgan fingerprint density at radius 3 is 1.84 bits per heavy atom. The summed E-state index contributed by atoms with van der Waals surface area (Å²) in [4.78, 5) is 56.7. The largest absolute Gasteiger partial charge is 0.458 e. The van der Waals surface area contributed by atoms with Gasteiger partial charge in [0.25, 0.3) is 0 Å². The van der Waals surface area contributed by atoms with Gasteiger partial charge in [-0.15, -0.1) is 0 Å². The zero-order valence-electron chi connectivity index (χ0n) is 28.9. The van der Waals surface area contributed by atoms with Gasteiger partial charge in [-0.2, -0.15) is 0 Å². The lowest BCUT2D eigenvalue weighted by Gasteiger charge is -2.39. The van der Waals surface area contributed by atoms with Gasteiger partial charge in [-0.3, -0.25) is 9.59 Å². The summed E-state index contributed by atoms with van der Waals surface area (Å²) >= 11 is 0. The summed E-state index contributed by atoms with van der Waals surface area (Å²) in [6.07, 6.45) is 0.0228. The lowest BCUT2D eigenvalue weighted by molar-refractivity contribution is -0.159. The molecule has 0 heterocycles. The molecule has 0 aliphatic carbocycles. The number of rotatable bonds is 12. The number of benzene rings is 2. The summed E-state index contributed by atoms with van der Waals surface area (Å²) in [6, 6.07) is 13.3. The standard InChI is InChI=1S/C36H53N3O6/c1-12-25(5)39(32(41)29(23(2)3)38-34(43)45-36(9,10)11)30(27-20-18-24(4)19-21-27)31(40)37-28(33(42)44-35(6,7)8)22-26-16-14-13-15-17-26/h13-21,23,25,28-30H,12,22H2,1-11H3,(H,37,40)(H,38,43). The maximum atomic E-state index is 14.5. The third kappa shape index (κ3) is 11.9. The molecule has 2 aromatic carbocycles. The van der Waals surface area contributed by atoms with Crippen molar-refractivity contribution < 1.29 is 28.7 Å². The third-order valence-electron chi connectivity index (χ3n) is 7.14. The topological polar surface area (TPSA) is 114 Å². The number of alkyl carbamates (subject to hydrolysis) is 1. The quantitative estimate of drug-likeness (QED) is 0.269. The van der Waals surface area contributed by atoms with Crippen LogP contribution in [0.3, 0.4) is 0 Å². The Balaban J connectivity index is 2.61. The molecule has 45 heavy (non-hydrogen) atoms. The molecule has 9 heteroatoms. The van der Waals surface area contributed by atoms with Gasteiger partial charge in [-0.1, -0.05) is 80.9 Å². The van der Waals surface area contributed by atoms with E-state index in [1.807, 2.05) is 89.2 Å². The maximum absolute atomic E-state index is 14.5. The molecule has 9 nitrogen and oxygen atoms in total. The number of esters is 1. The molecular formula is C36H53N3O6. The number of nitrogens with zero attached hydrogens (tertiary/aromatic N) is 1. The summed E-state index contributed by atoms with van der Waals surface area (Å²) in [6.45, 7) is 20.0. The van der Waals surface area contributed by atoms with Crippen LogP contribution < -0.4 is 10.6 Å². The van der Waals surface area contributed by atoms with Crippen molar-refractivity contribution in [2.24, 2.45) is 5.92 Å². The normalized spacial score (nSPS) is 14.5. The van der Waals surface area contributed by atoms with E-state index in [1.165, 1.54) is 4.90 Å². The van der Waals surface area contributed by atoms with E-state index in [9.17, 15) is 19.2 Å². The van der Waals surface area contributed by atoms with E-state index in [0.29, 0.717) is 12.0 Å². The number of hydrogen-bond acceptors (Lipinski definition) is 6. The summed E-state index contributed by atoms with van der Waals surface area (Å²) in [5, 5.41) is 5.68. The minimum absolute atomic E-state index is 0.203. The van der Waals surface area contributed by atoms with Gasteiger partial charge in [0.15, 0.2) is 0 Å². The predicted octanol–water partition coefficient (Wildman–Crippen LogP) is 6.28. The average Bonchev–Trinajstić information content (AvgIpc) is 2.92. The van der Waals surface area contributed by atoms with Gasteiger partial charge < -0.3 is 25.0 Å². The predicted molar refractivity (Wildman–Crippen MR) is 176 cm³/mol. The second-order valence-corrected chi connectivity index (χ2v) is 14.0. The van der Waals surface area contributed by atoms with Crippen molar-refractivity contribution in [3.8, 4) is 0 Å². The molecule has 0 bridgehead atoms. The minimum atomic E-state index is -1.10. The molecular weight excluding hydrogens is 570 g/mol. The van der Waals surface area contributed by atoms with Crippen LogP contribution in [0.4, 0.5) is 4.79 Å². The fraction of sp³-hybridized carbons (Fsp3) is 0.556. The van der Waals surface area contributed by atoms with Crippen molar-refractivity contribution >= 4 is 23.9 Å². The number of amides is 3. The molecule has 0 spiro atoms. The zero-order chi connectivity index (χ0) is 34.1. The Morgan fingerprint density at radius 1 is 0.800 bits per heavy atom. The molecule has 0 aliphatic heterocycles. The molecule has 0 radical (unpaired) electrons. The van der Waals surface area contributed by atoms with Crippen LogP contribution in [-0.2, 0) is 30.3 Å². The van der Waals surface area contributed by atoms with Gasteiger partial charge in [0.2, 0.25) is 11.8 Å².